The Morgan fingerprint density at radius 2 is 1.71 bits per heavy atom. The van der Waals surface area contributed by atoms with E-state index in [4.69, 9.17) is 0 Å². The quantitative estimate of drug-likeness (QED) is 0.444. The number of allylic oxidation sites excluding steroid dienone is 2. The highest BCUT2D eigenvalue weighted by Gasteiger charge is 2.09. The van der Waals surface area contributed by atoms with E-state index in [1.807, 2.05) is 44.2 Å². The van der Waals surface area contributed by atoms with Crippen LogP contribution in [0.5, 0.6) is 11.5 Å². The van der Waals surface area contributed by atoms with Crippen LogP contribution in [0.25, 0.3) is 11.6 Å². The van der Waals surface area contributed by atoms with Gasteiger partial charge in [-0.3, -0.25) is 0 Å². The van der Waals surface area contributed by atoms with Crippen LogP contribution in [0, 0.1) is 6.92 Å². The van der Waals surface area contributed by atoms with Gasteiger partial charge in [-0.05, 0) is 48.7 Å². The van der Waals surface area contributed by atoms with Crippen LogP contribution in [-0.2, 0) is 0 Å². The van der Waals surface area contributed by atoms with Crippen molar-refractivity contribution in [3.05, 3.63) is 71.0 Å². The molecule has 0 unspecified atom stereocenters. The smallest absolute Gasteiger partial charge is 0.157 e. The molecule has 0 aliphatic carbocycles. The topological polar surface area (TPSA) is 60.7 Å². The molecule has 2 aromatic carbocycles. The summed E-state index contributed by atoms with van der Waals surface area (Å²) in [4.78, 5) is 0. The molecule has 0 saturated heterocycles. The minimum Gasteiger partial charge on any atom is -0.507 e. The number of aliphatic hydroxyl groups is 1. The second kappa shape index (κ2) is 6.18. The zero-order valence-corrected chi connectivity index (χ0v) is 12.0. The molecular weight excluding hydrogens is 264 g/mol. The first kappa shape index (κ1) is 14.7. The van der Waals surface area contributed by atoms with Crippen LogP contribution < -0.4 is 0 Å². The lowest BCUT2D eigenvalue weighted by Gasteiger charge is -2.10. The van der Waals surface area contributed by atoms with Crippen molar-refractivity contribution in [2.24, 2.45) is 0 Å². The highest BCUT2D eigenvalue weighted by Crippen LogP contribution is 2.29. The second-order valence-corrected chi connectivity index (χ2v) is 4.80. The van der Waals surface area contributed by atoms with Gasteiger partial charge in [0.1, 0.15) is 5.76 Å². The standard InChI is InChI=1S/C18H18O3/c1-3-14(15-7-5-4-6-12(15)2)17(20)10-13-8-9-16(19)18(21)11-13/h3-11,19-21H,1-2H3/b14-3+,17-10-. The van der Waals surface area contributed by atoms with Crippen molar-refractivity contribution in [1.82, 2.24) is 0 Å². The van der Waals surface area contributed by atoms with Crippen molar-refractivity contribution in [3.63, 3.8) is 0 Å². The maximum atomic E-state index is 10.3. The summed E-state index contributed by atoms with van der Waals surface area (Å²) in [5, 5.41) is 29.1. The van der Waals surface area contributed by atoms with E-state index in [-0.39, 0.29) is 17.3 Å². The average molecular weight is 282 g/mol. The second-order valence-electron chi connectivity index (χ2n) is 4.80. The zero-order valence-electron chi connectivity index (χ0n) is 12.0. The van der Waals surface area contributed by atoms with Crippen LogP contribution in [0.2, 0.25) is 0 Å². The van der Waals surface area contributed by atoms with Crippen molar-refractivity contribution >= 4 is 11.6 Å². The number of hydrogen-bond acceptors (Lipinski definition) is 3. The fourth-order valence-corrected chi connectivity index (χ4v) is 2.18. The lowest BCUT2D eigenvalue weighted by molar-refractivity contribution is 0.403. The van der Waals surface area contributed by atoms with Crippen LogP contribution in [-0.4, -0.2) is 15.3 Å². The Bertz CT molecular complexity index is 712. The summed E-state index contributed by atoms with van der Waals surface area (Å²) in [5.74, 6) is -0.289. The fraction of sp³-hybridized carbons (Fsp3) is 0.111. The third-order valence-corrected chi connectivity index (χ3v) is 3.30. The Labute approximate surface area is 124 Å². The van der Waals surface area contributed by atoms with Crippen LogP contribution >= 0.6 is 0 Å². The van der Waals surface area contributed by atoms with E-state index in [0.29, 0.717) is 5.56 Å². The van der Waals surface area contributed by atoms with Crippen molar-refractivity contribution in [3.8, 4) is 11.5 Å². The molecule has 0 heterocycles. The Kier molecular flexibility index (Phi) is 4.33. The first-order valence-corrected chi connectivity index (χ1v) is 6.68. The van der Waals surface area contributed by atoms with E-state index in [1.54, 1.807) is 12.1 Å². The van der Waals surface area contributed by atoms with Gasteiger partial charge in [0.25, 0.3) is 0 Å². The van der Waals surface area contributed by atoms with E-state index in [1.165, 1.54) is 12.1 Å². The number of phenolic OH excluding ortho intramolecular Hbond substituents is 2. The van der Waals surface area contributed by atoms with Crippen molar-refractivity contribution < 1.29 is 15.3 Å². The van der Waals surface area contributed by atoms with Crippen LogP contribution in [0.1, 0.15) is 23.6 Å². The van der Waals surface area contributed by atoms with Crippen LogP contribution in [0.15, 0.2) is 54.3 Å². The molecule has 0 radical (unpaired) electrons. The Morgan fingerprint density at radius 1 is 1.00 bits per heavy atom. The third-order valence-electron chi connectivity index (χ3n) is 3.30. The zero-order chi connectivity index (χ0) is 15.4. The predicted octanol–water partition coefficient (Wildman–Crippen LogP) is 4.41. The largest absolute Gasteiger partial charge is 0.507 e. The maximum Gasteiger partial charge on any atom is 0.157 e. The molecule has 0 aliphatic heterocycles. The molecule has 0 atom stereocenters. The Hall–Kier alpha value is -2.68. The summed E-state index contributed by atoms with van der Waals surface area (Å²) in [6.07, 6.45) is 3.40. The first-order valence-electron chi connectivity index (χ1n) is 6.68. The van der Waals surface area contributed by atoms with Gasteiger partial charge in [-0.15, -0.1) is 0 Å². The number of aryl methyl sites for hydroxylation is 1. The van der Waals surface area contributed by atoms with E-state index in [0.717, 1.165) is 16.7 Å². The lowest BCUT2D eigenvalue weighted by Crippen LogP contribution is -1.92. The summed E-state index contributed by atoms with van der Waals surface area (Å²) in [6.45, 7) is 3.85. The monoisotopic (exact) mass is 282 g/mol. The number of phenols is 2. The maximum absolute atomic E-state index is 10.3. The number of aromatic hydroxyl groups is 2. The van der Waals surface area contributed by atoms with E-state index in [9.17, 15) is 15.3 Å². The molecule has 2 aromatic rings. The molecule has 0 spiro atoms. The molecule has 0 fully saturated rings. The highest BCUT2D eigenvalue weighted by molar-refractivity contribution is 5.83. The minimum absolute atomic E-state index is 0.108. The van der Waals surface area contributed by atoms with E-state index >= 15 is 0 Å². The summed E-state index contributed by atoms with van der Waals surface area (Å²) in [5.41, 5.74) is 3.35. The molecule has 0 bridgehead atoms. The summed E-state index contributed by atoms with van der Waals surface area (Å²) in [7, 11) is 0. The molecule has 0 amide bonds. The SMILES string of the molecule is C/C=C(/C(O)=C/c1ccc(O)c(O)c1)c1ccccc1C. The van der Waals surface area contributed by atoms with Crippen molar-refractivity contribution in [2.75, 3.05) is 0 Å². The normalized spacial score (nSPS) is 12.5. The van der Waals surface area contributed by atoms with Gasteiger partial charge in [-0.2, -0.15) is 0 Å². The summed E-state index contributed by atoms with van der Waals surface area (Å²) >= 11 is 0. The number of hydrogen-bond donors (Lipinski definition) is 3. The Balaban J connectivity index is 2.41. The molecule has 0 saturated carbocycles. The highest BCUT2D eigenvalue weighted by atomic mass is 16.3. The molecule has 0 aliphatic rings. The van der Waals surface area contributed by atoms with Crippen molar-refractivity contribution in [1.29, 1.82) is 0 Å². The lowest BCUT2D eigenvalue weighted by atomic mass is 9.98. The number of benzene rings is 2. The van der Waals surface area contributed by atoms with Gasteiger partial charge >= 0.3 is 0 Å². The Morgan fingerprint density at radius 3 is 2.33 bits per heavy atom. The minimum atomic E-state index is -0.213. The molecular formula is C18H18O3. The summed E-state index contributed by atoms with van der Waals surface area (Å²) < 4.78 is 0. The van der Waals surface area contributed by atoms with Gasteiger partial charge in [0.15, 0.2) is 11.5 Å². The predicted molar refractivity (Wildman–Crippen MR) is 85.2 cm³/mol. The van der Waals surface area contributed by atoms with Crippen LogP contribution in [0.4, 0.5) is 0 Å². The van der Waals surface area contributed by atoms with Crippen molar-refractivity contribution in [2.45, 2.75) is 13.8 Å². The van der Waals surface area contributed by atoms with E-state index < -0.39 is 0 Å². The molecule has 3 nitrogen and oxygen atoms in total. The van der Waals surface area contributed by atoms with Gasteiger partial charge in [-0.1, -0.05) is 36.4 Å². The van der Waals surface area contributed by atoms with Gasteiger partial charge in [0.2, 0.25) is 0 Å². The van der Waals surface area contributed by atoms with Gasteiger partial charge in [-0.25, -0.2) is 0 Å². The molecule has 21 heavy (non-hydrogen) atoms. The van der Waals surface area contributed by atoms with E-state index in [2.05, 4.69) is 0 Å². The van der Waals surface area contributed by atoms with Crippen LogP contribution in [0.3, 0.4) is 0 Å². The molecule has 3 heteroatoms. The average Bonchev–Trinajstić information content (AvgIpc) is 2.46. The third kappa shape index (κ3) is 3.26. The molecule has 0 aromatic heterocycles. The molecule has 3 N–H and O–H groups in total. The number of aliphatic hydroxyl groups excluding tert-OH is 1. The van der Waals surface area contributed by atoms with Gasteiger partial charge in [0, 0.05) is 5.57 Å². The number of rotatable bonds is 3. The fourth-order valence-electron chi connectivity index (χ4n) is 2.18. The molecule has 2 rings (SSSR count). The first-order chi connectivity index (χ1) is 10.0. The summed E-state index contributed by atoms with van der Waals surface area (Å²) in [6, 6.07) is 12.2. The van der Waals surface area contributed by atoms with Gasteiger partial charge in [0.05, 0.1) is 0 Å². The van der Waals surface area contributed by atoms with Gasteiger partial charge < -0.3 is 15.3 Å². The molecule has 108 valence electrons.